The molecular weight excluding hydrogens is 210 g/mol. The fourth-order valence-corrected chi connectivity index (χ4v) is 1.22. The maximum Gasteiger partial charge on any atom is 0.274 e. The number of nitro benzene ring substituents is 1. The number of nitrogens with zero attached hydrogens (tertiary/aromatic N) is 2. The summed E-state index contributed by atoms with van der Waals surface area (Å²) in [6, 6.07) is 6.09. The smallest absolute Gasteiger partial charge is 0.274 e. The van der Waals surface area contributed by atoms with E-state index in [4.69, 9.17) is 5.26 Å². The molecule has 1 aromatic carbocycles. The lowest BCUT2D eigenvalue weighted by Crippen LogP contribution is -2.11. The van der Waals surface area contributed by atoms with E-state index in [0.717, 1.165) is 0 Å². The summed E-state index contributed by atoms with van der Waals surface area (Å²) < 4.78 is 0. The van der Waals surface area contributed by atoms with E-state index in [1.807, 2.05) is 0 Å². The molecule has 0 spiro atoms. The molecule has 6 nitrogen and oxygen atoms in total. The quantitative estimate of drug-likeness (QED) is 0.618. The van der Waals surface area contributed by atoms with Gasteiger partial charge in [0.1, 0.15) is 6.42 Å². The number of rotatable bonds is 3. The standard InChI is InChI=1S/C10H9N3O3/c1-7-8(12-10(14)5-6-11)3-2-4-9(7)13(15)16/h2-4H,5H2,1H3,(H,12,14). The van der Waals surface area contributed by atoms with Crippen LogP contribution in [-0.4, -0.2) is 10.8 Å². The molecule has 0 fully saturated rings. The number of hydrogen-bond donors (Lipinski definition) is 1. The summed E-state index contributed by atoms with van der Waals surface area (Å²) in [4.78, 5) is 21.2. The van der Waals surface area contributed by atoms with Gasteiger partial charge in [0, 0.05) is 6.07 Å². The van der Waals surface area contributed by atoms with Crippen LogP contribution in [0.4, 0.5) is 11.4 Å². The van der Waals surface area contributed by atoms with E-state index in [-0.39, 0.29) is 12.1 Å². The van der Waals surface area contributed by atoms with E-state index in [0.29, 0.717) is 11.3 Å². The molecule has 1 aromatic rings. The highest BCUT2D eigenvalue weighted by Crippen LogP contribution is 2.24. The van der Waals surface area contributed by atoms with Crippen molar-refractivity contribution in [3.63, 3.8) is 0 Å². The minimum Gasteiger partial charge on any atom is -0.325 e. The molecule has 0 heterocycles. The van der Waals surface area contributed by atoms with Crippen molar-refractivity contribution in [1.29, 1.82) is 5.26 Å². The van der Waals surface area contributed by atoms with Gasteiger partial charge in [-0.2, -0.15) is 5.26 Å². The Morgan fingerprint density at radius 1 is 1.62 bits per heavy atom. The third kappa shape index (κ3) is 2.54. The number of nitro groups is 1. The molecule has 0 aromatic heterocycles. The Hall–Kier alpha value is -2.42. The summed E-state index contributed by atoms with van der Waals surface area (Å²) in [7, 11) is 0. The molecule has 1 N–H and O–H groups in total. The Morgan fingerprint density at radius 3 is 2.88 bits per heavy atom. The van der Waals surface area contributed by atoms with Gasteiger partial charge in [-0.1, -0.05) is 6.07 Å². The molecule has 0 saturated heterocycles. The lowest BCUT2D eigenvalue weighted by atomic mass is 10.1. The molecule has 0 aliphatic rings. The summed E-state index contributed by atoms with van der Waals surface area (Å²) in [6.07, 6.45) is -0.276. The van der Waals surface area contributed by atoms with Crippen LogP contribution in [-0.2, 0) is 4.79 Å². The maximum atomic E-state index is 11.1. The number of benzene rings is 1. The molecular formula is C10H9N3O3. The van der Waals surface area contributed by atoms with Crippen LogP contribution in [0.15, 0.2) is 18.2 Å². The van der Waals surface area contributed by atoms with Crippen molar-refractivity contribution >= 4 is 17.3 Å². The Bertz CT molecular complexity index is 477. The lowest BCUT2D eigenvalue weighted by Gasteiger charge is -2.06. The van der Waals surface area contributed by atoms with Crippen LogP contribution < -0.4 is 5.32 Å². The van der Waals surface area contributed by atoms with Crippen LogP contribution in [0.2, 0.25) is 0 Å². The van der Waals surface area contributed by atoms with Gasteiger partial charge in [-0.25, -0.2) is 0 Å². The summed E-state index contributed by atoms with van der Waals surface area (Å²) in [5.41, 5.74) is 0.669. The Kier molecular flexibility index (Phi) is 3.56. The highest BCUT2D eigenvalue weighted by molar-refractivity contribution is 5.93. The van der Waals surface area contributed by atoms with E-state index < -0.39 is 10.8 Å². The molecule has 0 unspecified atom stereocenters. The van der Waals surface area contributed by atoms with Crippen LogP contribution in [0.3, 0.4) is 0 Å². The first-order valence-electron chi connectivity index (χ1n) is 4.47. The second-order valence-electron chi connectivity index (χ2n) is 3.09. The summed E-state index contributed by atoms with van der Waals surface area (Å²) >= 11 is 0. The normalized spacial score (nSPS) is 9.25. The molecule has 16 heavy (non-hydrogen) atoms. The van der Waals surface area contributed by atoms with Crippen molar-refractivity contribution in [3.05, 3.63) is 33.9 Å². The monoisotopic (exact) mass is 219 g/mol. The number of hydrogen-bond acceptors (Lipinski definition) is 4. The Balaban J connectivity index is 2.98. The minimum atomic E-state index is -0.519. The van der Waals surface area contributed by atoms with Crippen molar-refractivity contribution in [2.24, 2.45) is 0 Å². The van der Waals surface area contributed by atoms with Crippen molar-refractivity contribution in [2.45, 2.75) is 13.3 Å². The zero-order valence-electron chi connectivity index (χ0n) is 8.56. The fourth-order valence-electron chi connectivity index (χ4n) is 1.22. The first kappa shape index (κ1) is 11.7. The van der Waals surface area contributed by atoms with E-state index >= 15 is 0 Å². The molecule has 6 heteroatoms. The van der Waals surface area contributed by atoms with Gasteiger partial charge in [-0.3, -0.25) is 14.9 Å². The van der Waals surface area contributed by atoms with Gasteiger partial charge in [-0.05, 0) is 13.0 Å². The van der Waals surface area contributed by atoms with Gasteiger partial charge in [0.2, 0.25) is 5.91 Å². The van der Waals surface area contributed by atoms with Crippen LogP contribution >= 0.6 is 0 Å². The Morgan fingerprint density at radius 2 is 2.31 bits per heavy atom. The third-order valence-corrected chi connectivity index (χ3v) is 2.02. The predicted octanol–water partition coefficient (Wildman–Crippen LogP) is 1.76. The fraction of sp³-hybridized carbons (Fsp3) is 0.200. The van der Waals surface area contributed by atoms with Gasteiger partial charge >= 0.3 is 0 Å². The van der Waals surface area contributed by atoms with Gasteiger partial charge < -0.3 is 5.32 Å². The number of nitriles is 1. The average Bonchev–Trinajstić information content (AvgIpc) is 2.21. The number of anilines is 1. The van der Waals surface area contributed by atoms with E-state index in [9.17, 15) is 14.9 Å². The molecule has 0 bridgehead atoms. The summed E-state index contributed by atoms with van der Waals surface area (Å²) in [5.74, 6) is -0.480. The molecule has 1 rings (SSSR count). The number of nitrogens with one attached hydrogen (secondary N) is 1. The van der Waals surface area contributed by atoms with Crippen molar-refractivity contribution in [2.75, 3.05) is 5.32 Å². The first-order valence-corrected chi connectivity index (χ1v) is 4.47. The van der Waals surface area contributed by atoms with Gasteiger partial charge in [0.25, 0.3) is 5.69 Å². The van der Waals surface area contributed by atoms with Crippen LogP contribution in [0.5, 0.6) is 0 Å². The molecule has 82 valence electrons. The first-order chi connectivity index (χ1) is 7.56. The van der Waals surface area contributed by atoms with Crippen molar-refractivity contribution < 1.29 is 9.72 Å². The molecule has 0 aliphatic heterocycles. The van der Waals surface area contributed by atoms with Gasteiger partial charge in [0.15, 0.2) is 0 Å². The summed E-state index contributed by atoms with van der Waals surface area (Å²) in [6.45, 7) is 1.54. The van der Waals surface area contributed by atoms with Crippen molar-refractivity contribution in [1.82, 2.24) is 0 Å². The highest BCUT2D eigenvalue weighted by atomic mass is 16.6. The highest BCUT2D eigenvalue weighted by Gasteiger charge is 2.14. The second-order valence-corrected chi connectivity index (χ2v) is 3.09. The topological polar surface area (TPSA) is 96.0 Å². The Labute approximate surface area is 91.6 Å². The third-order valence-electron chi connectivity index (χ3n) is 2.02. The number of amides is 1. The second kappa shape index (κ2) is 4.89. The SMILES string of the molecule is Cc1c(NC(=O)CC#N)cccc1[N+](=O)[O-]. The lowest BCUT2D eigenvalue weighted by molar-refractivity contribution is -0.385. The largest absolute Gasteiger partial charge is 0.325 e. The zero-order valence-corrected chi connectivity index (χ0v) is 8.56. The number of carbonyl (C=O) groups is 1. The van der Waals surface area contributed by atoms with Crippen molar-refractivity contribution in [3.8, 4) is 6.07 Å². The van der Waals surface area contributed by atoms with Gasteiger partial charge in [-0.15, -0.1) is 0 Å². The van der Waals surface area contributed by atoms with Crippen LogP contribution in [0.25, 0.3) is 0 Å². The number of carbonyl (C=O) groups excluding carboxylic acids is 1. The zero-order chi connectivity index (χ0) is 12.1. The van der Waals surface area contributed by atoms with Crippen LogP contribution in [0.1, 0.15) is 12.0 Å². The minimum absolute atomic E-state index is 0.0604. The maximum absolute atomic E-state index is 11.1. The van der Waals surface area contributed by atoms with E-state index in [1.54, 1.807) is 19.1 Å². The van der Waals surface area contributed by atoms with Crippen LogP contribution in [0, 0.1) is 28.4 Å². The summed E-state index contributed by atoms with van der Waals surface area (Å²) in [5, 5.41) is 21.4. The van der Waals surface area contributed by atoms with E-state index in [2.05, 4.69) is 5.32 Å². The molecule has 0 saturated carbocycles. The predicted molar refractivity (Wildman–Crippen MR) is 56.7 cm³/mol. The van der Waals surface area contributed by atoms with Gasteiger partial charge in [0.05, 0.1) is 22.2 Å². The molecule has 0 aliphatic carbocycles. The average molecular weight is 219 g/mol. The molecule has 0 atom stereocenters. The molecule has 1 amide bonds. The van der Waals surface area contributed by atoms with E-state index in [1.165, 1.54) is 12.1 Å². The molecule has 0 radical (unpaired) electrons.